The minimum atomic E-state index is -1.07. The maximum Gasteiger partial charge on any atom is 0.338 e. The summed E-state index contributed by atoms with van der Waals surface area (Å²) in [6.45, 7) is 6.88. The Hall–Kier alpha value is -1.53. The molecule has 0 bridgehead atoms. The van der Waals surface area contributed by atoms with Crippen LogP contribution in [0.15, 0.2) is 21.8 Å². The first kappa shape index (κ1) is 15.5. The van der Waals surface area contributed by atoms with Gasteiger partial charge in [0.25, 0.3) is 0 Å². The van der Waals surface area contributed by atoms with Crippen LogP contribution in [0.4, 0.5) is 0 Å². The summed E-state index contributed by atoms with van der Waals surface area (Å²) >= 11 is 0. The highest BCUT2D eigenvalue weighted by molar-refractivity contribution is 6.08. The summed E-state index contributed by atoms with van der Waals surface area (Å²) in [5.74, 6) is -0.696. The van der Waals surface area contributed by atoms with Gasteiger partial charge in [-0.25, -0.2) is 4.79 Å². The van der Waals surface area contributed by atoms with Gasteiger partial charge in [0.1, 0.15) is 0 Å². The Bertz CT molecular complexity index is 379. The van der Waals surface area contributed by atoms with Crippen molar-refractivity contribution in [3.8, 4) is 0 Å². The second kappa shape index (κ2) is 7.81. The average Bonchev–Trinajstić information content (AvgIpc) is 2.39. The van der Waals surface area contributed by atoms with Gasteiger partial charge in [-0.2, -0.15) is 0 Å². The van der Waals surface area contributed by atoms with Gasteiger partial charge in [0.05, 0.1) is 12.2 Å². The first-order chi connectivity index (χ1) is 9.08. The minimum Gasteiger partial charge on any atom is -0.478 e. The van der Waals surface area contributed by atoms with Gasteiger partial charge < -0.3 is 10.2 Å². The first-order valence-electron chi connectivity index (χ1n) is 6.32. The third-order valence-corrected chi connectivity index (χ3v) is 3.35. The quantitative estimate of drug-likeness (QED) is 0.550. The Kier molecular flexibility index (Phi) is 6.38. The van der Waals surface area contributed by atoms with Crippen LogP contribution in [0.1, 0.15) is 19.8 Å². The number of aliphatic imine (C=N–C) groups is 2. The summed E-state index contributed by atoms with van der Waals surface area (Å²) in [6, 6.07) is 0.345. The standard InChI is InChI=1S/C13H21N3O3/c1-10-5-11(8-17)3-4-16(10)9-15-7-12(6-14-2)13(18)19/h6-7,10-11,17H,2-5,8-9H2,1H3,(H,18,19)/b12-6+,15-7-. The molecule has 0 aromatic heterocycles. The molecule has 0 radical (unpaired) electrons. The predicted octanol–water partition coefficient (Wildman–Crippen LogP) is 0.777. The van der Waals surface area contributed by atoms with E-state index in [9.17, 15) is 4.79 Å². The number of piperidine rings is 1. The van der Waals surface area contributed by atoms with Gasteiger partial charge in [-0.15, -0.1) is 0 Å². The van der Waals surface area contributed by atoms with Gasteiger partial charge in [0, 0.05) is 31.6 Å². The topological polar surface area (TPSA) is 85.5 Å². The molecule has 1 saturated heterocycles. The molecule has 0 aromatic rings. The fourth-order valence-electron chi connectivity index (χ4n) is 2.18. The molecular weight excluding hydrogens is 246 g/mol. The zero-order chi connectivity index (χ0) is 14.3. The summed E-state index contributed by atoms with van der Waals surface area (Å²) in [7, 11) is 0. The number of hydrogen-bond acceptors (Lipinski definition) is 5. The molecule has 1 aliphatic heterocycles. The van der Waals surface area contributed by atoms with E-state index in [1.165, 1.54) is 12.4 Å². The fraction of sp³-hybridized carbons (Fsp3) is 0.615. The van der Waals surface area contributed by atoms with Crippen LogP contribution in [0.25, 0.3) is 0 Å². The van der Waals surface area contributed by atoms with Crippen molar-refractivity contribution in [3.05, 3.63) is 11.8 Å². The Balaban J connectivity index is 2.50. The van der Waals surface area contributed by atoms with Gasteiger partial charge in [-0.1, -0.05) is 0 Å². The van der Waals surface area contributed by atoms with Crippen LogP contribution in [-0.4, -0.2) is 59.9 Å². The summed E-state index contributed by atoms with van der Waals surface area (Å²) < 4.78 is 0. The van der Waals surface area contributed by atoms with Crippen molar-refractivity contribution in [3.63, 3.8) is 0 Å². The van der Waals surface area contributed by atoms with Crippen molar-refractivity contribution in [2.24, 2.45) is 15.9 Å². The average molecular weight is 267 g/mol. The lowest BCUT2D eigenvalue weighted by Crippen LogP contribution is -2.41. The first-order valence-corrected chi connectivity index (χ1v) is 6.32. The Morgan fingerprint density at radius 3 is 2.84 bits per heavy atom. The van der Waals surface area contributed by atoms with Crippen molar-refractivity contribution in [2.45, 2.75) is 25.8 Å². The summed E-state index contributed by atoms with van der Waals surface area (Å²) in [5, 5.41) is 18.0. The van der Waals surface area contributed by atoms with E-state index in [-0.39, 0.29) is 12.2 Å². The fourth-order valence-corrected chi connectivity index (χ4v) is 2.18. The number of aliphatic hydroxyl groups is 1. The molecule has 1 fully saturated rings. The van der Waals surface area contributed by atoms with Crippen molar-refractivity contribution in [1.29, 1.82) is 0 Å². The van der Waals surface area contributed by atoms with Gasteiger partial charge >= 0.3 is 5.97 Å². The molecule has 0 amide bonds. The van der Waals surface area contributed by atoms with Gasteiger partial charge in [-0.3, -0.25) is 14.9 Å². The second-order valence-electron chi connectivity index (χ2n) is 4.76. The highest BCUT2D eigenvalue weighted by Crippen LogP contribution is 2.21. The molecule has 2 atom stereocenters. The van der Waals surface area contributed by atoms with E-state index in [0.717, 1.165) is 19.4 Å². The number of aliphatic carboxylic acids is 1. The Morgan fingerprint density at radius 2 is 2.32 bits per heavy atom. The van der Waals surface area contributed by atoms with E-state index in [1.54, 1.807) is 0 Å². The molecule has 2 N–H and O–H groups in total. The van der Waals surface area contributed by atoms with Crippen LogP contribution < -0.4 is 0 Å². The lowest BCUT2D eigenvalue weighted by molar-refractivity contribution is -0.132. The van der Waals surface area contributed by atoms with Crippen LogP contribution in [-0.2, 0) is 4.79 Å². The molecule has 1 heterocycles. The zero-order valence-corrected chi connectivity index (χ0v) is 11.2. The number of nitrogens with zero attached hydrogens (tertiary/aromatic N) is 3. The number of rotatable bonds is 6. The van der Waals surface area contributed by atoms with E-state index in [4.69, 9.17) is 10.2 Å². The van der Waals surface area contributed by atoms with Crippen molar-refractivity contribution >= 4 is 18.9 Å². The SMILES string of the molecule is C=N/C=C(\C=N/CN1CCC(CO)CC1C)C(=O)O. The number of aliphatic hydroxyl groups excluding tert-OH is 1. The molecule has 0 aliphatic carbocycles. The van der Waals surface area contributed by atoms with Crippen LogP contribution in [0.3, 0.4) is 0 Å². The molecule has 0 aromatic carbocycles. The van der Waals surface area contributed by atoms with Crippen molar-refractivity contribution in [1.82, 2.24) is 4.90 Å². The predicted molar refractivity (Wildman–Crippen MR) is 74.6 cm³/mol. The normalized spacial score (nSPS) is 25.7. The van der Waals surface area contributed by atoms with Gasteiger partial charge in [0.2, 0.25) is 0 Å². The van der Waals surface area contributed by atoms with Gasteiger partial charge in [0.15, 0.2) is 0 Å². The number of hydrogen-bond donors (Lipinski definition) is 2. The highest BCUT2D eigenvalue weighted by Gasteiger charge is 2.24. The van der Waals surface area contributed by atoms with Crippen molar-refractivity contribution in [2.75, 3.05) is 19.8 Å². The molecule has 2 unspecified atom stereocenters. The zero-order valence-electron chi connectivity index (χ0n) is 11.2. The smallest absolute Gasteiger partial charge is 0.338 e. The molecule has 1 aliphatic rings. The third kappa shape index (κ3) is 4.92. The molecular formula is C13H21N3O3. The molecule has 0 spiro atoms. The molecule has 0 saturated carbocycles. The van der Waals surface area contributed by atoms with Crippen molar-refractivity contribution < 1.29 is 15.0 Å². The minimum absolute atomic E-state index is 0.0212. The number of carboxylic acid groups (broad SMARTS) is 1. The molecule has 6 nitrogen and oxygen atoms in total. The lowest BCUT2D eigenvalue weighted by Gasteiger charge is -2.35. The van der Waals surface area contributed by atoms with Crippen LogP contribution in [0.5, 0.6) is 0 Å². The summed E-state index contributed by atoms with van der Waals surface area (Å²) in [6.07, 6.45) is 4.38. The van der Waals surface area contributed by atoms with Crippen LogP contribution >= 0.6 is 0 Å². The molecule has 19 heavy (non-hydrogen) atoms. The second-order valence-corrected chi connectivity index (χ2v) is 4.76. The van der Waals surface area contributed by atoms with Crippen LogP contribution in [0, 0.1) is 5.92 Å². The molecule has 1 rings (SSSR count). The van der Waals surface area contributed by atoms with E-state index in [0.29, 0.717) is 18.6 Å². The lowest BCUT2D eigenvalue weighted by atomic mass is 9.93. The van der Waals surface area contributed by atoms with Gasteiger partial charge in [-0.05, 0) is 32.4 Å². The van der Waals surface area contributed by atoms with E-state index in [1.807, 2.05) is 0 Å². The number of carbonyl (C=O) groups is 1. The third-order valence-electron chi connectivity index (χ3n) is 3.35. The Labute approximate surface area is 113 Å². The van der Waals surface area contributed by atoms with Crippen LogP contribution in [0.2, 0.25) is 0 Å². The maximum atomic E-state index is 10.8. The summed E-state index contributed by atoms with van der Waals surface area (Å²) in [5.41, 5.74) is 0.0212. The van der Waals surface area contributed by atoms with E-state index >= 15 is 0 Å². The monoisotopic (exact) mass is 267 g/mol. The van der Waals surface area contributed by atoms with E-state index < -0.39 is 5.97 Å². The Morgan fingerprint density at radius 1 is 1.58 bits per heavy atom. The van der Waals surface area contributed by atoms with E-state index in [2.05, 4.69) is 28.5 Å². The number of likely N-dealkylation sites (tertiary alicyclic amines) is 1. The maximum absolute atomic E-state index is 10.8. The molecule has 106 valence electrons. The summed E-state index contributed by atoms with van der Waals surface area (Å²) in [4.78, 5) is 20.6. The largest absolute Gasteiger partial charge is 0.478 e. The molecule has 6 heteroatoms. The number of carboxylic acids is 1. The highest BCUT2D eigenvalue weighted by atomic mass is 16.4.